The van der Waals surface area contributed by atoms with Crippen LogP contribution >= 0.6 is 24.0 Å². The SMILES string of the molecule is CCC(CS)CN(C)C(C)Cc1cccs1. The minimum absolute atomic E-state index is 0.618. The van der Waals surface area contributed by atoms with Gasteiger partial charge in [0.2, 0.25) is 0 Å². The van der Waals surface area contributed by atoms with E-state index in [0.717, 1.165) is 24.6 Å². The molecule has 0 aliphatic rings. The number of hydrogen-bond acceptors (Lipinski definition) is 3. The van der Waals surface area contributed by atoms with Crippen molar-refractivity contribution in [1.29, 1.82) is 0 Å². The lowest BCUT2D eigenvalue weighted by Crippen LogP contribution is -2.35. The van der Waals surface area contributed by atoms with Gasteiger partial charge in [-0.1, -0.05) is 19.4 Å². The van der Waals surface area contributed by atoms with Gasteiger partial charge in [-0.2, -0.15) is 12.6 Å². The van der Waals surface area contributed by atoms with Crippen LogP contribution in [0.4, 0.5) is 0 Å². The highest BCUT2D eigenvalue weighted by molar-refractivity contribution is 7.80. The Morgan fingerprint density at radius 2 is 2.25 bits per heavy atom. The van der Waals surface area contributed by atoms with E-state index in [4.69, 9.17) is 0 Å². The fourth-order valence-electron chi connectivity index (χ4n) is 1.78. The fraction of sp³-hybridized carbons (Fsp3) is 0.692. The first kappa shape index (κ1) is 14.1. The molecule has 0 spiro atoms. The van der Waals surface area contributed by atoms with Crippen LogP contribution in [0.25, 0.3) is 0 Å². The van der Waals surface area contributed by atoms with E-state index in [1.54, 1.807) is 0 Å². The van der Waals surface area contributed by atoms with Gasteiger partial charge < -0.3 is 4.90 Å². The summed E-state index contributed by atoms with van der Waals surface area (Å²) in [7, 11) is 2.23. The van der Waals surface area contributed by atoms with Gasteiger partial charge in [0.25, 0.3) is 0 Å². The van der Waals surface area contributed by atoms with Gasteiger partial charge in [0.1, 0.15) is 0 Å². The summed E-state index contributed by atoms with van der Waals surface area (Å²) in [6, 6.07) is 4.98. The molecule has 1 rings (SSSR count). The number of nitrogens with zero attached hydrogens (tertiary/aromatic N) is 1. The van der Waals surface area contributed by atoms with Gasteiger partial charge in [0.15, 0.2) is 0 Å². The zero-order valence-corrected chi connectivity index (χ0v) is 12.2. The van der Waals surface area contributed by atoms with Crippen molar-refractivity contribution in [3.63, 3.8) is 0 Å². The van der Waals surface area contributed by atoms with Crippen molar-refractivity contribution < 1.29 is 0 Å². The van der Waals surface area contributed by atoms with E-state index in [2.05, 4.69) is 55.9 Å². The molecule has 0 aliphatic heterocycles. The molecule has 1 heterocycles. The van der Waals surface area contributed by atoms with Crippen molar-refractivity contribution in [2.75, 3.05) is 19.3 Å². The van der Waals surface area contributed by atoms with Crippen LogP contribution in [0.15, 0.2) is 17.5 Å². The molecule has 3 heteroatoms. The van der Waals surface area contributed by atoms with Crippen LogP contribution in [-0.2, 0) is 6.42 Å². The number of hydrogen-bond donors (Lipinski definition) is 1. The van der Waals surface area contributed by atoms with E-state index in [0.29, 0.717) is 6.04 Å². The van der Waals surface area contributed by atoms with Gasteiger partial charge in [-0.05, 0) is 43.5 Å². The van der Waals surface area contributed by atoms with Gasteiger partial charge in [0, 0.05) is 17.5 Å². The van der Waals surface area contributed by atoms with Crippen LogP contribution in [0.3, 0.4) is 0 Å². The second kappa shape index (κ2) is 7.36. The van der Waals surface area contributed by atoms with Gasteiger partial charge in [-0.3, -0.25) is 0 Å². The largest absolute Gasteiger partial charge is 0.303 e. The molecule has 2 unspecified atom stereocenters. The smallest absolute Gasteiger partial charge is 0.0112 e. The topological polar surface area (TPSA) is 3.24 Å². The van der Waals surface area contributed by atoms with E-state index in [1.807, 2.05) is 11.3 Å². The Morgan fingerprint density at radius 3 is 2.75 bits per heavy atom. The first-order chi connectivity index (χ1) is 7.67. The zero-order valence-electron chi connectivity index (χ0n) is 10.5. The Balaban J connectivity index is 2.38. The molecular weight excluding hydrogens is 234 g/mol. The van der Waals surface area contributed by atoms with Crippen LogP contribution in [0, 0.1) is 5.92 Å². The summed E-state index contributed by atoms with van der Waals surface area (Å²) in [4.78, 5) is 3.95. The van der Waals surface area contributed by atoms with E-state index in [1.165, 1.54) is 11.3 Å². The first-order valence-electron chi connectivity index (χ1n) is 6.00. The summed E-state index contributed by atoms with van der Waals surface area (Å²) >= 11 is 6.26. The zero-order chi connectivity index (χ0) is 12.0. The average Bonchev–Trinajstić information content (AvgIpc) is 2.78. The highest BCUT2D eigenvalue weighted by Gasteiger charge is 2.14. The first-order valence-corrected chi connectivity index (χ1v) is 7.52. The Kier molecular flexibility index (Phi) is 6.47. The van der Waals surface area contributed by atoms with Crippen molar-refractivity contribution in [3.8, 4) is 0 Å². The van der Waals surface area contributed by atoms with Crippen LogP contribution < -0.4 is 0 Å². The van der Waals surface area contributed by atoms with Gasteiger partial charge in [0.05, 0.1) is 0 Å². The minimum Gasteiger partial charge on any atom is -0.303 e. The number of thiophene rings is 1. The molecule has 1 aromatic rings. The van der Waals surface area contributed by atoms with Gasteiger partial charge in [-0.25, -0.2) is 0 Å². The molecule has 0 amide bonds. The Morgan fingerprint density at radius 1 is 1.50 bits per heavy atom. The molecule has 2 atom stereocenters. The number of likely N-dealkylation sites (N-methyl/N-ethyl adjacent to an activating group) is 1. The predicted molar refractivity (Wildman–Crippen MR) is 77.7 cm³/mol. The normalized spacial score (nSPS) is 15.3. The third-order valence-corrected chi connectivity index (χ3v) is 4.63. The van der Waals surface area contributed by atoms with E-state index < -0.39 is 0 Å². The van der Waals surface area contributed by atoms with Crippen LogP contribution in [0.1, 0.15) is 25.1 Å². The Labute approximate surface area is 109 Å². The molecule has 0 radical (unpaired) electrons. The maximum atomic E-state index is 4.40. The molecule has 0 bridgehead atoms. The quantitative estimate of drug-likeness (QED) is 0.731. The van der Waals surface area contributed by atoms with Crippen molar-refractivity contribution in [2.45, 2.75) is 32.7 Å². The summed E-state index contributed by atoms with van der Waals surface area (Å²) < 4.78 is 0. The maximum absolute atomic E-state index is 4.40. The van der Waals surface area contributed by atoms with Crippen molar-refractivity contribution >= 4 is 24.0 Å². The van der Waals surface area contributed by atoms with E-state index in [-0.39, 0.29) is 0 Å². The average molecular weight is 257 g/mol. The highest BCUT2D eigenvalue weighted by Crippen LogP contribution is 2.15. The molecule has 0 saturated carbocycles. The standard InChI is InChI=1S/C13H23NS2/c1-4-12(10-15)9-14(3)11(2)8-13-6-5-7-16-13/h5-7,11-12,15H,4,8-10H2,1-3H3. The molecule has 92 valence electrons. The van der Waals surface area contributed by atoms with E-state index in [9.17, 15) is 0 Å². The summed E-state index contributed by atoms with van der Waals surface area (Å²) in [5.74, 6) is 1.71. The van der Waals surface area contributed by atoms with Gasteiger partial charge >= 0.3 is 0 Å². The van der Waals surface area contributed by atoms with Crippen molar-refractivity contribution in [3.05, 3.63) is 22.4 Å². The van der Waals surface area contributed by atoms with Crippen molar-refractivity contribution in [2.24, 2.45) is 5.92 Å². The molecule has 1 aromatic heterocycles. The van der Waals surface area contributed by atoms with Crippen LogP contribution in [0.2, 0.25) is 0 Å². The lowest BCUT2D eigenvalue weighted by Gasteiger charge is -2.27. The summed E-state index contributed by atoms with van der Waals surface area (Å²) in [6.07, 6.45) is 2.39. The predicted octanol–water partition coefficient (Wildman–Crippen LogP) is 3.57. The number of thiol groups is 1. The summed E-state index contributed by atoms with van der Waals surface area (Å²) in [5.41, 5.74) is 0. The molecule has 0 N–H and O–H groups in total. The summed E-state index contributed by atoms with van der Waals surface area (Å²) in [5, 5.41) is 2.16. The second-order valence-electron chi connectivity index (χ2n) is 4.53. The Hall–Kier alpha value is 0.01000. The lowest BCUT2D eigenvalue weighted by molar-refractivity contribution is 0.223. The van der Waals surface area contributed by atoms with Crippen LogP contribution in [-0.4, -0.2) is 30.3 Å². The highest BCUT2D eigenvalue weighted by atomic mass is 32.1. The third-order valence-electron chi connectivity index (χ3n) is 3.21. The molecule has 0 aromatic carbocycles. The van der Waals surface area contributed by atoms with E-state index >= 15 is 0 Å². The molecule has 0 aliphatic carbocycles. The van der Waals surface area contributed by atoms with Crippen LogP contribution in [0.5, 0.6) is 0 Å². The molecule has 1 nitrogen and oxygen atoms in total. The second-order valence-corrected chi connectivity index (χ2v) is 5.93. The molecular formula is C13H23NS2. The Bertz CT molecular complexity index is 267. The molecule has 0 fully saturated rings. The minimum atomic E-state index is 0.618. The molecule has 0 saturated heterocycles. The summed E-state index contributed by atoms with van der Waals surface area (Å²) in [6.45, 7) is 5.72. The van der Waals surface area contributed by atoms with Crippen molar-refractivity contribution in [1.82, 2.24) is 4.90 Å². The maximum Gasteiger partial charge on any atom is 0.0112 e. The monoisotopic (exact) mass is 257 g/mol. The molecule has 16 heavy (non-hydrogen) atoms. The third kappa shape index (κ3) is 4.48. The fourth-order valence-corrected chi connectivity index (χ4v) is 2.98. The van der Waals surface area contributed by atoms with Gasteiger partial charge in [-0.15, -0.1) is 11.3 Å². The lowest BCUT2D eigenvalue weighted by atomic mass is 10.1. The number of rotatable bonds is 7.